The molecule has 3 aromatic carbocycles. The highest BCUT2D eigenvalue weighted by Gasteiger charge is 2.17. The maximum absolute atomic E-state index is 11.7. The highest BCUT2D eigenvalue weighted by Crippen LogP contribution is 2.30. The first kappa shape index (κ1) is 25.6. The van der Waals surface area contributed by atoms with Crippen molar-refractivity contribution >= 4 is 22.6 Å². The molecule has 1 N–H and O–H groups in total. The van der Waals surface area contributed by atoms with Gasteiger partial charge in [-0.2, -0.15) is 0 Å². The number of aryl methyl sites for hydroxylation is 3. The van der Waals surface area contributed by atoms with Gasteiger partial charge in [-0.1, -0.05) is 55.8 Å². The van der Waals surface area contributed by atoms with Crippen LogP contribution in [-0.4, -0.2) is 30.0 Å². The lowest BCUT2D eigenvalue weighted by molar-refractivity contribution is 0.0697. The standard InChI is InChI=1S/C34H32N4O2/c1-4-5-10-31-36-33-23(3)18-26(29-21-37-16-15-22(2)17-32(37)35-29)19-30(33)38(31)20-24-11-13-25(14-12-24)27-8-6-7-9-28(27)34(39)40/h6-9,11-19,21H,4-5,10,20H2,1-3H3,(H,39,40). The first-order valence-electron chi connectivity index (χ1n) is 13.8. The fourth-order valence-electron chi connectivity index (χ4n) is 5.41. The number of aromatic carboxylic acids is 1. The Balaban J connectivity index is 1.41. The second-order valence-corrected chi connectivity index (χ2v) is 10.5. The van der Waals surface area contributed by atoms with E-state index >= 15 is 0 Å². The third-order valence-electron chi connectivity index (χ3n) is 7.55. The van der Waals surface area contributed by atoms with E-state index in [0.29, 0.717) is 12.1 Å². The van der Waals surface area contributed by atoms with E-state index in [1.807, 2.05) is 24.3 Å². The van der Waals surface area contributed by atoms with Crippen molar-refractivity contribution in [3.8, 4) is 22.4 Å². The van der Waals surface area contributed by atoms with Crippen molar-refractivity contribution in [1.29, 1.82) is 0 Å². The fraction of sp³-hybridized carbons (Fsp3) is 0.206. The van der Waals surface area contributed by atoms with Crippen molar-refractivity contribution in [2.75, 3.05) is 0 Å². The van der Waals surface area contributed by atoms with Crippen LogP contribution in [0.15, 0.2) is 85.2 Å². The molecule has 0 spiro atoms. The molecule has 0 aliphatic carbocycles. The fourth-order valence-corrected chi connectivity index (χ4v) is 5.41. The number of rotatable bonds is 8. The highest BCUT2D eigenvalue weighted by molar-refractivity contribution is 5.96. The quantitative estimate of drug-likeness (QED) is 0.219. The van der Waals surface area contributed by atoms with Gasteiger partial charge in [0.05, 0.1) is 22.3 Å². The van der Waals surface area contributed by atoms with Gasteiger partial charge in [0, 0.05) is 30.9 Å². The number of nitrogens with zero attached hydrogens (tertiary/aromatic N) is 4. The van der Waals surface area contributed by atoms with Crippen LogP contribution in [0.25, 0.3) is 39.1 Å². The molecule has 40 heavy (non-hydrogen) atoms. The van der Waals surface area contributed by atoms with E-state index < -0.39 is 5.97 Å². The summed E-state index contributed by atoms with van der Waals surface area (Å²) in [5, 5.41) is 9.62. The van der Waals surface area contributed by atoms with Crippen molar-refractivity contribution < 1.29 is 9.90 Å². The molecule has 6 nitrogen and oxygen atoms in total. The van der Waals surface area contributed by atoms with Gasteiger partial charge in [-0.15, -0.1) is 0 Å². The Morgan fingerprint density at radius 2 is 1.73 bits per heavy atom. The molecule has 0 radical (unpaired) electrons. The zero-order valence-electron chi connectivity index (χ0n) is 23.1. The number of carboxylic acids is 1. The normalized spacial score (nSPS) is 11.5. The zero-order valence-corrected chi connectivity index (χ0v) is 23.1. The molecule has 6 aromatic rings. The molecule has 0 saturated carbocycles. The second-order valence-electron chi connectivity index (χ2n) is 10.5. The molecule has 200 valence electrons. The molecule has 6 rings (SSSR count). The van der Waals surface area contributed by atoms with Crippen LogP contribution in [0.1, 0.15) is 52.6 Å². The smallest absolute Gasteiger partial charge is 0.336 e. The van der Waals surface area contributed by atoms with Gasteiger partial charge >= 0.3 is 5.97 Å². The van der Waals surface area contributed by atoms with Crippen molar-refractivity contribution in [2.24, 2.45) is 0 Å². The van der Waals surface area contributed by atoms with Gasteiger partial charge in [0.2, 0.25) is 0 Å². The first-order valence-corrected chi connectivity index (χ1v) is 13.8. The van der Waals surface area contributed by atoms with E-state index in [4.69, 9.17) is 9.97 Å². The van der Waals surface area contributed by atoms with Crippen LogP contribution in [0.4, 0.5) is 0 Å². The Hall–Kier alpha value is -4.71. The summed E-state index contributed by atoms with van der Waals surface area (Å²) < 4.78 is 4.40. The summed E-state index contributed by atoms with van der Waals surface area (Å²) in [6, 6.07) is 23.9. The van der Waals surface area contributed by atoms with Crippen LogP contribution < -0.4 is 0 Å². The summed E-state index contributed by atoms with van der Waals surface area (Å²) in [4.78, 5) is 21.7. The average Bonchev–Trinajstić information content (AvgIpc) is 3.53. The summed E-state index contributed by atoms with van der Waals surface area (Å²) >= 11 is 0. The minimum absolute atomic E-state index is 0.308. The van der Waals surface area contributed by atoms with Gasteiger partial charge in [-0.25, -0.2) is 14.8 Å². The minimum atomic E-state index is -0.919. The number of carboxylic acid groups (broad SMARTS) is 1. The molecular formula is C34H32N4O2. The highest BCUT2D eigenvalue weighted by atomic mass is 16.4. The predicted octanol–water partition coefficient (Wildman–Crippen LogP) is 7.72. The SMILES string of the molecule is CCCCc1nc2c(C)cc(-c3cn4ccc(C)cc4n3)cc2n1Cc1ccc(-c2ccccc2C(=O)O)cc1. The van der Waals surface area contributed by atoms with Gasteiger partial charge in [-0.05, 0) is 78.4 Å². The number of pyridine rings is 1. The monoisotopic (exact) mass is 528 g/mol. The van der Waals surface area contributed by atoms with Crippen molar-refractivity contribution in [1.82, 2.24) is 18.9 Å². The topological polar surface area (TPSA) is 72.4 Å². The van der Waals surface area contributed by atoms with Crippen LogP contribution in [0.5, 0.6) is 0 Å². The maximum Gasteiger partial charge on any atom is 0.336 e. The molecule has 3 aromatic heterocycles. The third-order valence-corrected chi connectivity index (χ3v) is 7.55. The van der Waals surface area contributed by atoms with E-state index in [1.165, 1.54) is 5.56 Å². The minimum Gasteiger partial charge on any atom is -0.478 e. The Morgan fingerprint density at radius 3 is 2.50 bits per heavy atom. The molecular weight excluding hydrogens is 496 g/mol. The Labute approximate surface area is 233 Å². The third kappa shape index (κ3) is 4.77. The van der Waals surface area contributed by atoms with Crippen molar-refractivity contribution in [3.63, 3.8) is 0 Å². The lowest BCUT2D eigenvalue weighted by atomic mass is 9.98. The largest absolute Gasteiger partial charge is 0.478 e. The number of hydrogen-bond donors (Lipinski definition) is 1. The number of fused-ring (bicyclic) bond motifs is 2. The molecule has 0 bridgehead atoms. The van der Waals surface area contributed by atoms with Crippen LogP contribution >= 0.6 is 0 Å². The van der Waals surface area contributed by atoms with Crippen LogP contribution in [-0.2, 0) is 13.0 Å². The molecule has 0 saturated heterocycles. The van der Waals surface area contributed by atoms with Gasteiger partial charge in [-0.3, -0.25) is 0 Å². The number of unbranched alkanes of at least 4 members (excludes halogenated alkanes) is 1. The van der Waals surface area contributed by atoms with Gasteiger partial charge < -0.3 is 14.1 Å². The van der Waals surface area contributed by atoms with Gasteiger partial charge in [0.15, 0.2) is 0 Å². The number of imidazole rings is 2. The van der Waals surface area contributed by atoms with E-state index in [-0.39, 0.29) is 0 Å². The van der Waals surface area contributed by atoms with Crippen LogP contribution in [0.2, 0.25) is 0 Å². The molecule has 6 heteroatoms. The summed E-state index contributed by atoms with van der Waals surface area (Å²) in [5.74, 6) is 0.167. The molecule has 0 amide bonds. The molecule has 0 aliphatic heterocycles. The molecule has 3 heterocycles. The predicted molar refractivity (Wildman–Crippen MR) is 160 cm³/mol. The van der Waals surface area contributed by atoms with Gasteiger partial charge in [0.25, 0.3) is 0 Å². The average molecular weight is 529 g/mol. The second kappa shape index (κ2) is 10.5. The number of hydrogen-bond acceptors (Lipinski definition) is 3. The molecule has 0 fully saturated rings. The summed E-state index contributed by atoms with van der Waals surface area (Å²) in [5.41, 5.74) is 10.5. The van der Waals surface area contributed by atoms with Crippen molar-refractivity contribution in [2.45, 2.75) is 46.6 Å². The van der Waals surface area contributed by atoms with E-state index in [2.05, 4.69) is 78.5 Å². The summed E-state index contributed by atoms with van der Waals surface area (Å²) in [6.07, 6.45) is 7.23. The van der Waals surface area contributed by atoms with E-state index in [0.717, 1.165) is 75.3 Å². The zero-order chi connectivity index (χ0) is 27.8. The van der Waals surface area contributed by atoms with E-state index in [9.17, 15) is 9.90 Å². The van der Waals surface area contributed by atoms with Crippen LogP contribution in [0, 0.1) is 13.8 Å². The Bertz CT molecular complexity index is 1860. The summed E-state index contributed by atoms with van der Waals surface area (Å²) in [7, 11) is 0. The maximum atomic E-state index is 11.7. The van der Waals surface area contributed by atoms with Crippen molar-refractivity contribution in [3.05, 3.63) is 113 Å². The molecule has 0 atom stereocenters. The lowest BCUT2D eigenvalue weighted by Gasteiger charge is -2.12. The van der Waals surface area contributed by atoms with E-state index in [1.54, 1.807) is 12.1 Å². The number of aromatic nitrogens is 4. The summed E-state index contributed by atoms with van der Waals surface area (Å²) in [6.45, 7) is 7.10. The number of carbonyl (C=O) groups is 1. The lowest BCUT2D eigenvalue weighted by Crippen LogP contribution is -2.05. The molecule has 0 unspecified atom stereocenters. The number of benzene rings is 3. The first-order chi connectivity index (χ1) is 19.4. The van der Waals surface area contributed by atoms with Crippen LogP contribution in [0.3, 0.4) is 0 Å². The molecule has 0 aliphatic rings. The van der Waals surface area contributed by atoms with Gasteiger partial charge in [0.1, 0.15) is 11.5 Å². The Kier molecular flexibility index (Phi) is 6.68. The Morgan fingerprint density at radius 1 is 0.925 bits per heavy atom.